The number of benzene rings is 3. The van der Waals surface area contributed by atoms with Crippen molar-refractivity contribution in [2.75, 3.05) is 25.7 Å². The number of ether oxygens (including phenoxy) is 2. The quantitative estimate of drug-likeness (QED) is 0.322. The molecule has 4 aromatic rings. The molecule has 0 aliphatic carbocycles. The van der Waals surface area contributed by atoms with Crippen LogP contribution in [0.5, 0.6) is 5.75 Å². The second-order valence-corrected chi connectivity index (χ2v) is 11.3. The van der Waals surface area contributed by atoms with E-state index in [4.69, 9.17) is 9.47 Å². The van der Waals surface area contributed by atoms with E-state index >= 15 is 0 Å². The van der Waals surface area contributed by atoms with Gasteiger partial charge in [-0.15, -0.1) is 0 Å². The smallest absolute Gasteiger partial charge is 0.338 e. The number of amides is 1. The van der Waals surface area contributed by atoms with Crippen molar-refractivity contribution in [3.63, 3.8) is 0 Å². The zero-order chi connectivity index (χ0) is 28.3. The van der Waals surface area contributed by atoms with Crippen LogP contribution in [0.4, 0.5) is 5.69 Å². The third-order valence-corrected chi connectivity index (χ3v) is 8.80. The molecule has 1 atom stereocenters. The number of aromatic nitrogens is 1. The van der Waals surface area contributed by atoms with E-state index in [0.29, 0.717) is 38.6 Å². The largest absolute Gasteiger partial charge is 0.496 e. The molecule has 0 N–H and O–H groups in total. The number of carbonyl (C=O) groups is 2. The molecule has 0 fully saturated rings. The molecule has 8 nitrogen and oxygen atoms in total. The van der Waals surface area contributed by atoms with E-state index in [9.17, 15) is 14.4 Å². The van der Waals surface area contributed by atoms with E-state index in [1.165, 1.54) is 9.47 Å². The van der Waals surface area contributed by atoms with E-state index < -0.39 is 17.6 Å². The number of esters is 1. The number of thiazole rings is 1. The van der Waals surface area contributed by atoms with Crippen LogP contribution in [0, 0.1) is 0 Å². The van der Waals surface area contributed by atoms with Gasteiger partial charge in [0.2, 0.25) is 0 Å². The lowest BCUT2D eigenvalue weighted by Crippen LogP contribution is -2.41. The molecule has 40 heavy (non-hydrogen) atoms. The molecular weight excluding hydrogens is 594 g/mol. The molecule has 2 aliphatic rings. The number of nitrogens with zero attached hydrogens (tertiary/aromatic N) is 3. The Balaban J connectivity index is 1.74. The summed E-state index contributed by atoms with van der Waals surface area (Å²) in [5, 5.41) is 1.75. The maximum absolute atomic E-state index is 14.4. The minimum atomic E-state index is -0.887. The molecule has 1 amide bonds. The standard InChI is InChI=1S/C30H24BrN3O5S/c1-5-39-29(37)22-15(2)32-30-34(25(22)23-18-9-7-6-8-16(18)10-13-21(23)38-4)28(36)26(40-30)24-19-14-17(31)11-12-20(19)33(3)27(24)35/h6-14,25H,5H2,1-4H3/b26-24-/t25-/m0/s1. The van der Waals surface area contributed by atoms with Gasteiger partial charge in [0.05, 0.1) is 36.2 Å². The molecule has 6 rings (SSSR count). The van der Waals surface area contributed by atoms with Crippen LogP contribution in [0.3, 0.4) is 0 Å². The molecule has 0 unspecified atom stereocenters. The minimum absolute atomic E-state index is 0.163. The zero-order valence-electron chi connectivity index (χ0n) is 22.1. The maximum atomic E-state index is 14.4. The van der Waals surface area contributed by atoms with Crippen LogP contribution in [0.1, 0.15) is 31.0 Å². The molecule has 10 heteroatoms. The fourth-order valence-electron chi connectivity index (χ4n) is 5.46. The average Bonchev–Trinajstić information content (AvgIpc) is 3.38. The topological polar surface area (TPSA) is 90.2 Å². The third kappa shape index (κ3) is 3.85. The molecule has 1 aromatic heterocycles. The summed E-state index contributed by atoms with van der Waals surface area (Å²) in [4.78, 5) is 47.9. The van der Waals surface area contributed by atoms with E-state index in [0.717, 1.165) is 26.6 Å². The van der Waals surface area contributed by atoms with Crippen LogP contribution in [0.2, 0.25) is 0 Å². The lowest BCUT2D eigenvalue weighted by atomic mass is 9.90. The summed E-state index contributed by atoms with van der Waals surface area (Å²) in [5.74, 6) is -0.323. The predicted octanol–water partition coefficient (Wildman–Crippen LogP) is 4.07. The second kappa shape index (κ2) is 9.87. The van der Waals surface area contributed by atoms with Crippen molar-refractivity contribution in [3.8, 4) is 5.75 Å². The summed E-state index contributed by atoms with van der Waals surface area (Å²) in [6.07, 6.45) is 0. The van der Waals surface area contributed by atoms with E-state index in [1.807, 2.05) is 54.6 Å². The van der Waals surface area contributed by atoms with Gasteiger partial charge < -0.3 is 14.4 Å². The molecule has 2 aliphatic heterocycles. The van der Waals surface area contributed by atoms with E-state index in [-0.39, 0.29) is 22.6 Å². The Labute approximate surface area is 241 Å². The third-order valence-electron chi connectivity index (χ3n) is 7.25. The highest BCUT2D eigenvalue weighted by atomic mass is 79.9. The highest BCUT2D eigenvalue weighted by molar-refractivity contribution is 9.10. The number of carbonyl (C=O) groups excluding carboxylic acids is 2. The highest BCUT2D eigenvalue weighted by Crippen LogP contribution is 2.41. The SMILES string of the molecule is CCOC(=O)C1=C(C)N=c2s/c(=C3\C(=O)N(C)c4ccc(Br)cc43)c(=O)n2[C@@H]1c1c(OC)ccc2ccccc12. The number of rotatable bonds is 4. The van der Waals surface area contributed by atoms with Gasteiger partial charge >= 0.3 is 5.97 Å². The van der Waals surface area contributed by atoms with Crippen molar-refractivity contribution in [1.82, 2.24) is 4.57 Å². The number of allylic oxidation sites excluding steroid dienone is 1. The van der Waals surface area contributed by atoms with Crippen LogP contribution >= 0.6 is 27.3 Å². The highest BCUT2D eigenvalue weighted by Gasteiger charge is 2.38. The van der Waals surface area contributed by atoms with Crippen molar-refractivity contribution < 1.29 is 19.1 Å². The summed E-state index contributed by atoms with van der Waals surface area (Å²) < 4.78 is 13.8. The summed E-state index contributed by atoms with van der Waals surface area (Å²) >= 11 is 4.63. The Morgan fingerprint density at radius 3 is 2.65 bits per heavy atom. The summed E-state index contributed by atoms with van der Waals surface area (Å²) in [6.45, 7) is 3.63. The number of halogens is 1. The molecule has 0 saturated carbocycles. The Bertz CT molecular complexity index is 1970. The number of hydrogen-bond donors (Lipinski definition) is 0. The van der Waals surface area contributed by atoms with Gasteiger partial charge in [0.15, 0.2) is 4.80 Å². The van der Waals surface area contributed by atoms with Gasteiger partial charge in [-0.2, -0.15) is 0 Å². The van der Waals surface area contributed by atoms with Crippen molar-refractivity contribution in [2.45, 2.75) is 19.9 Å². The predicted molar refractivity (Wildman–Crippen MR) is 157 cm³/mol. The number of methoxy groups -OCH3 is 1. The van der Waals surface area contributed by atoms with Gasteiger partial charge in [0.25, 0.3) is 11.5 Å². The number of fused-ring (bicyclic) bond motifs is 3. The van der Waals surface area contributed by atoms with Crippen LogP contribution < -0.4 is 24.5 Å². The van der Waals surface area contributed by atoms with Gasteiger partial charge in [-0.05, 0) is 48.9 Å². The molecule has 0 radical (unpaired) electrons. The second-order valence-electron chi connectivity index (χ2n) is 9.43. The van der Waals surface area contributed by atoms with Crippen LogP contribution in [0.15, 0.2) is 80.1 Å². The lowest BCUT2D eigenvalue weighted by Gasteiger charge is -2.27. The average molecular weight is 619 g/mol. The van der Waals surface area contributed by atoms with Crippen LogP contribution in [-0.2, 0) is 14.3 Å². The van der Waals surface area contributed by atoms with Crippen LogP contribution in [0.25, 0.3) is 16.3 Å². The van der Waals surface area contributed by atoms with Gasteiger partial charge in [-0.1, -0.05) is 57.6 Å². The molecule has 3 heterocycles. The summed E-state index contributed by atoms with van der Waals surface area (Å²) in [6, 6.07) is 16.1. The Morgan fingerprint density at radius 2 is 1.90 bits per heavy atom. The van der Waals surface area contributed by atoms with Gasteiger partial charge in [0.1, 0.15) is 16.3 Å². The van der Waals surface area contributed by atoms with Crippen molar-refractivity contribution >= 4 is 61.2 Å². The molecular formula is C30H24BrN3O5S. The summed E-state index contributed by atoms with van der Waals surface area (Å²) in [5.41, 5.74) is 2.60. The fraction of sp³-hybridized carbons (Fsp3) is 0.200. The first-order valence-corrected chi connectivity index (χ1v) is 14.2. The van der Waals surface area contributed by atoms with E-state index in [1.54, 1.807) is 28.0 Å². The number of hydrogen-bond acceptors (Lipinski definition) is 7. The van der Waals surface area contributed by atoms with Gasteiger partial charge in [0, 0.05) is 22.6 Å². The first-order valence-electron chi connectivity index (χ1n) is 12.6. The molecule has 0 bridgehead atoms. The monoisotopic (exact) mass is 617 g/mol. The fourth-order valence-corrected chi connectivity index (χ4v) is 6.96. The normalized spacial score (nSPS) is 17.6. The van der Waals surface area contributed by atoms with E-state index in [2.05, 4.69) is 20.9 Å². The Kier molecular flexibility index (Phi) is 6.47. The van der Waals surface area contributed by atoms with Crippen molar-refractivity contribution in [3.05, 3.63) is 101 Å². The number of anilines is 1. The maximum Gasteiger partial charge on any atom is 0.338 e. The molecule has 0 spiro atoms. The Morgan fingerprint density at radius 1 is 1.12 bits per heavy atom. The summed E-state index contributed by atoms with van der Waals surface area (Å²) in [7, 11) is 3.24. The zero-order valence-corrected chi connectivity index (χ0v) is 24.6. The molecule has 0 saturated heterocycles. The molecule has 202 valence electrons. The first kappa shape index (κ1) is 26.2. The minimum Gasteiger partial charge on any atom is -0.496 e. The number of likely N-dealkylation sites (N-methyl/N-ethyl adjacent to an activating group) is 1. The molecule has 3 aromatic carbocycles. The van der Waals surface area contributed by atoms with Crippen molar-refractivity contribution in [1.29, 1.82) is 0 Å². The van der Waals surface area contributed by atoms with Crippen LogP contribution in [-0.4, -0.2) is 37.2 Å². The lowest BCUT2D eigenvalue weighted by molar-refractivity contribution is -0.139. The first-order chi connectivity index (χ1) is 19.3. The van der Waals surface area contributed by atoms with Gasteiger partial charge in [-0.25, -0.2) is 9.79 Å². The van der Waals surface area contributed by atoms with Gasteiger partial charge in [-0.3, -0.25) is 14.2 Å². The Hall–Kier alpha value is -4.02. The van der Waals surface area contributed by atoms with Crippen molar-refractivity contribution in [2.24, 2.45) is 4.99 Å².